The molecule has 0 unspecified atom stereocenters. The van der Waals surface area contributed by atoms with Crippen molar-refractivity contribution in [1.82, 2.24) is 0 Å². The molecule has 2 N–H and O–H groups in total. The third-order valence-electron chi connectivity index (χ3n) is 7.43. The van der Waals surface area contributed by atoms with E-state index in [1.54, 1.807) is 0 Å². The number of benzene rings is 3. The van der Waals surface area contributed by atoms with Crippen molar-refractivity contribution in [3.05, 3.63) is 76.4 Å². The molecule has 38 heavy (non-hydrogen) atoms. The van der Waals surface area contributed by atoms with Crippen LogP contribution < -0.4 is 10.0 Å². The van der Waals surface area contributed by atoms with Gasteiger partial charge in [-0.05, 0) is 92.3 Å². The number of hydrogen-bond acceptors (Lipinski definition) is 2. The summed E-state index contributed by atoms with van der Waals surface area (Å²) in [6.07, 6.45) is 5.69. The van der Waals surface area contributed by atoms with Crippen LogP contribution in [0.3, 0.4) is 0 Å². The Morgan fingerprint density at radius 1 is 0.842 bits per heavy atom. The van der Waals surface area contributed by atoms with Crippen LogP contribution in [-0.4, -0.2) is 9.79 Å². The maximum atomic E-state index is 15.1. The van der Waals surface area contributed by atoms with E-state index in [4.69, 9.17) is 4.74 Å². The number of aryl methyl sites for hydroxylation is 2. The zero-order valence-corrected chi connectivity index (χ0v) is 22.4. The van der Waals surface area contributed by atoms with Gasteiger partial charge in [0.25, 0.3) is 0 Å². The average molecular weight is 551 g/mol. The molecule has 3 aromatic carbocycles. The van der Waals surface area contributed by atoms with Crippen LogP contribution in [0.25, 0.3) is 11.1 Å². The van der Waals surface area contributed by atoms with Crippen LogP contribution in [0.2, 0.25) is 0 Å². The summed E-state index contributed by atoms with van der Waals surface area (Å²) in [5.74, 6) is -4.92. The lowest BCUT2D eigenvalue weighted by Crippen LogP contribution is -2.15. The molecular formula is C29H31F4O4P. The summed E-state index contributed by atoms with van der Waals surface area (Å²) in [4.78, 5) is 18.8. The molecule has 1 saturated carbocycles. The van der Waals surface area contributed by atoms with Crippen molar-refractivity contribution >= 4 is 12.9 Å². The van der Waals surface area contributed by atoms with Crippen LogP contribution in [0, 0.1) is 43.0 Å². The summed E-state index contributed by atoms with van der Waals surface area (Å²) in [5, 5.41) is -0.225. The van der Waals surface area contributed by atoms with E-state index in [0.717, 1.165) is 50.7 Å². The van der Waals surface area contributed by atoms with Gasteiger partial charge in [0, 0.05) is 11.1 Å². The number of hydrogen-bond donors (Lipinski definition) is 2. The van der Waals surface area contributed by atoms with Gasteiger partial charge in [0.2, 0.25) is 5.82 Å². The summed E-state index contributed by atoms with van der Waals surface area (Å²) in [7, 11) is -4.52. The molecule has 0 atom stereocenters. The van der Waals surface area contributed by atoms with Gasteiger partial charge in [-0.1, -0.05) is 31.9 Å². The fraction of sp³-hybridized carbons (Fsp3) is 0.379. The molecule has 0 aromatic heterocycles. The molecular weight excluding hydrogens is 519 g/mol. The lowest BCUT2D eigenvalue weighted by atomic mass is 9.77. The van der Waals surface area contributed by atoms with Gasteiger partial charge >= 0.3 is 7.60 Å². The van der Waals surface area contributed by atoms with Crippen LogP contribution in [0.5, 0.6) is 11.5 Å². The first-order chi connectivity index (χ1) is 17.9. The topological polar surface area (TPSA) is 66.8 Å². The highest BCUT2D eigenvalue weighted by Crippen LogP contribution is 2.42. The molecule has 0 radical (unpaired) electrons. The van der Waals surface area contributed by atoms with Gasteiger partial charge in [0.1, 0.15) is 5.75 Å². The van der Waals surface area contributed by atoms with Crippen LogP contribution in [0.15, 0.2) is 36.4 Å². The highest BCUT2D eigenvalue weighted by Gasteiger charge is 2.28. The second kappa shape index (κ2) is 11.2. The number of halogens is 4. The molecule has 1 aliphatic carbocycles. The minimum atomic E-state index is -4.52. The third kappa shape index (κ3) is 5.68. The minimum Gasteiger partial charge on any atom is -0.454 e. The molecule has 204 valence electrons. The van der Waals surface area contributed by atoms with Gasteiger partial charge in [-0.2, -0.15) is 4.39 Å². The largest absolute Gasteiger partial charge is 0.454 e. The second-order valence-electron chi connectivity index (χ2n) is 10.1. The fourth-order valence-electron chi connectivity index (χ4n) is 5.44. The third-order valence-corrected chi connectivity index (χ3v) is 8.36. The van der Waals surface area contributed by atoms with Crippen molar-refractivity contribution in [2.75, 3.05) is 0 Å². The van der Waals surface area contributed by atoms with Gasteiger partial charge in [-0.25, -0.2) is 13.2 Å². The maximum absolute atomic E-state index is 15.1. The van der Waals surface area contributed by atoms with Crippen LogP contribution in [-0.2, 0) is 4.57 Å². The molecule has 3 aromatic rings. The van der Waals surface area contributed by atoms with Gasteiger partial charge in [0.15, 0.2) is 23.2 Å². The molecule has 0 amide bonds. The van der Waals surface area contributed by atoms with Gasteiger partial charge in [-0.3, -0.25) is 4.57 Å². The SMILES string of the molecule is CCCC1CCC(c2ccc(-c3ccc(Oc4c(C)cc(P(=O)(O)O)cc4C)c(F)c3F)c(F)c2F)CC1. The lowest BCUT2D eigenvalue weighted by Gasteiger charge is -2.29. The van der Waals surface area contributed by atoms with E-state index in [-0.39, 0.29) is 28.1 Å². The molecule has 1 aliphatic rings. The average Bonchev–Trinajstić information content (AvgIpc) is 2.86. The van der Waals surface area contributed by atoms with Crippen molar-refractivity contribution in [2.24, 2.45) is 5.92 Å². The van der Waals surface area contributed by atoms with Crippen LogP contribution in [0.4, 0.5) is 17.6 Å². The highest BCUT2D eigenvalue weighted by molar-refractivity contribution is 7.60. The predicted octanol–water partition coefficient (Wildman–Crippen LogP) is 8.20. The normalized spacial score (nSPS) is 18.0. The Balaban J connectivity index is 1.61. The van der Waals surface area contributed by atoms with Crippen molar-refractivity contribution < 1.29 is 36.7 Å². The summed E-state index contributed by atoms with van der Waals surface area (Å²) >= 11 is 0. The minimum absolute atomic E-state index is 0.100. The maximum Gasteiger partial charge on any atom is 0.356 e. The number of ether oxygens (including phenoxy) is 1. The molecule has 4 nitrogen and oxygen atoms in total. The standard InChI is InChI=1S/C29H31F4O4P/c1-4-5-18-6-8-19(9-7-18)21-10-11-22(26(31)25(21)30)23-12-13-24(28(33)27(23)32)37-29-16(2)14-20(15-17(29)3)38(34,35)36/h10-15,18-19H,4-9H2,1-3H3,(H2,34,35,36). The molecule has 4 rings (SSSR count). The molecule has 9 heteroatoms. The predicted molar refractivity (Wildman–Crippen MR) is 139 cm³/mol. The molecule has 1 fully saturated rings. The fourth-order valence-corrected chi connectivity index (χ4v) is 6.17. The first-order valence-electron chi connectivity index (χ1n) is 12.7. The Morgan fingerprint density at radius 2 is 1.39 bits per heavy atom. The van der Waals surface area contributed by atoms with Gasteiger partial charge in [0.05, 0.1) is 5.30 Å². The summed E-state index contributed by atoms with van der Waals surface area (Å²) in [6, 6.07) is 7.41. The summed E-state index contributed by atoms with van der Waals surface area (Å²) < 4.78 is 77.5. The number of rotatable bonds is 7. The first-order valence-corrected chi connectivity index (χ1v) is 14.3. The zero-order valence-electron chi connectivity index (χ0n) is 21.5. The highest BCUT2D eigenvalue weighted by atomic mass is 31.2. The second-order valence-corrected chi connectivity index (χ2v) is 11.7. The van der Waals surface area contributed by atoms with E-state index in [1.807, 2.05) is 0 Å². The Morgan fingerprint density at radius 3 is 1.95 bits per heavy atom. The van der Waals surface area contributed by atoms with Crippen molar-refractivity contribution in [2.45, 2.75) is 65.2 Å². The Bertz CT molecular complexity index is 1370. The van der Waals surface area contributed by atoms with Crippen molar-refractivity contribution in [1.29, 1.82) is 0 Å². The monoisotopic (exact) mass is 550 g/mol. The smallest absolute Gasteiger partial charge is 0.356 e. The van der Waals surface area contributed by atoms with Gasteiger partial charge < -0.3 is 14.5 Å². The van der Waals surface area contributed by atoms with Gasteiger partial charge in [-0.15, -0.1) is 0 Å². The van der Waals surface area contributed by atoms with Crippen LogP contribution >= 0.6 is 7.60 Å². The van der Waals surface area contributed by atoms with E-state index in [1.165, 1.54) is 38.1 Å². The molecule has 0 spiro atoms. The molecule has 0 saturated heterocycles. The quantitative estimate of drug-likeness (QED) is 0.230. The van der Waals surface area contributed by atoms with E-state index in [2.05, 4.69) is 6.92 Å². The van der Waals surface area contributed by atoms with Crippen LogP contribution in [0.1, 0.15) is 68.1 Å². The first kappa shape index (κ1) is 28.3. The molecule has 0 aliphatic heterocycles. The molecule has 0 bridgehead atoms. The zero-order chi connectivity index (χ0) is 27.8. The Labute approximate surface area is 219 Å². The van der Waals surface area contributed by atoms with E-state index in [0.29, 0.717) is 17.0 Å². The Kier molecular flexibility index (Phi) is 8.36. The molecule has 0 heterocycles. The van der Waals surface area contributed by atoms with E-state index < -0.39 is 42.2 Å². The van der Waals surface area contributed by atoms with Crippen molar-refractivity contribution in [3.63, 3.8) is 0 Å². The Hall–Kier alpha value is -2.67. The van der Waals surface area contributed by atoms with E-state index in [9.17, 15) is 14.4 Å². The lowest BCUT2D eigenvalue weighted by molar-refractivity contribution is 0.303. The van der Waals surface area contributed by atoms with E-state index >= 15 is 17.6 Å². The van der Waals surface area contributed by atoms with Crippen molar-refractivity contribution in [3.8, 4) is 22.6 Å². The summed E-state index contributed by atoms with van der Waals surface area (Å²) in [6.45, 7) is 5.16. The summed E-state index contributed by atoms with van der Waals surface area (Å²) in [5.41, 5.74) is 0.0630.